The van der Waals surface area contributed by atoms with Crippen molar-refractivity contribution in [3.63, 3.8) is 0 Å². The second-order valence-electron chi connectivity index (χ2n) is 4.56. The number of hydrogen-bond acceptors (Lipinski definition) is 4. The summed E-state index contributed by atoms with van der Waals surface area (Å²) in [5.74, 6) is 0.697. The molecular formula is C14H13ClN2O3S. The summed E-state index contributed by atoms with van der Waals surface area (Å²) in [6.45, 7) is 1.74. The highest BCUT2D eigenvalue weighted by atomic mass is 35.5. The van der Waals surface area contributed by atoms with Crippen LogP contribution in [0.4, 0.5) is 0 Å². The number of nitrogens with zero attached hydrogens (tertiary/aromatic N) is 1. The van der Waals surface area contributed by atoms with Crippen molar-refractivity contribution in [3.05, 3.63) is 52.9 Å². The fourth-order valence-corrected chi connectivity index (χ4v) is 3.42. The van der Waals surface area contributed by atoms with Gasteiger partial charge in [0.1, 0.15) is 11.8 Å². The molecular weight excluding hydrogens is 312 g/mol. The normalized spacial score (nSPS) is 12.8. The van der Waals surface area contributed by atoms with E-state index in [1.807, 2.05) is 6.07 Å². The Balaban J connectivity index is 2.15. The van der Waals surface area contributed by atoms with E-state index < -0.39 is 10.0 Å². The zero-order valence-corrected chi connectivity index (χ0v) is 12.8. The summed E-state index contributed by atoms with van der Waals surface area (Å²) in [7, 11) is -3.70. The van der Waals surface area contributed by atoms with Crippen LogP contribution in [0.2, 0.25) is 5.02 Å². The molecule has 2 aromatic rings. The van der Waals surface area contributed by atoms with Crippen LogP contribution in [0.1, 0.15) is 18.2 Å². The molecule has 0 aliphatic rings. The Kier molecular flexibility index (Phi) is 4.68. The quantitative estimate of drug-likeness (QED) is 0.916. The SMILES string of the molecule is C[C@H](Cc1ccco1)NS(=O)(=O)c1ccc(C#N)c(Cl)c1. The fraction of sp³-hybridized carbons (Fsp3) is 0.214. The summed E-state index contributed by atoms with van der Waals surface area (Å²) >= 11 is 5.86. The molecule has 1 heterocycles. The van der Waals surface area contributed by atoms with E-state index in [1.165, 1.54) is 24.5 Å². The van der Waals surface area contributed by atoms with Crippen molar-refractivity contribution in [2.75, 3.05) is 0 Å². The molecule has 0 aliphatic carbocycles. The van der Waals surface area contributed by atoms with Gasteiger partial charge in [0, 0.05) is 12.5 Å². The van der Waals surface area contributed by atoms with E-state index in [9.17, 15) is 8.42 Å². The number of furan rings is 1. The van der Waals surface area contributed by atoms with Crippen molar-refractivity contribution < 1.29 is 12.8 Å². The summed E-state index contributed by atoms with van der Waals surface area (Å²) in [4.78, 5) is 0.0257. The zero-order valence-electron chi connectivity index (χ0n) is 11.2. The maximum atomic E-state index is 12.2. The lowest BCUT2D eigenvalue weighted by Gasteiger charge is -2.13. The van der Waals surface area contributed by atoms with Gasteiger partial charge in [-0.25, -0.2) is 13.1 Å². The summed E-state index contributed by atoms with van der Waals surface area (Å²) in [5, 5.41) is 8.90. The molecule has 1 N–H and O–H groups in total. The van der Waals surface area contributed by atoms with Crippen LogP contribution in [0.15, 0.2) is 45.9 Å². The Bertz CT molecular complexity index is 764. The molecule has 0 bridgehead atoms. The van der Waals surface area contributed by atoms with Crippen molar-refractivity contribution in [3.8, 4) is 6.07 Å². The Morgan fingerprint density at radius 2 is 2.19 bits per heavy atom. The van der Waals surface area contributed by atoms with Crippen LogP contribution in [-0.2, 0) is 16.4 Å². The van der Waals surface area contributed by atoms with Gasteiger partial charge in [-0.1, -0.05) is 11.6 Å². The minimum absolute atomic E-state index is 0.0257. The Hall–Kier alpha value is -1.81. The minimum Gasteiger partial charge on any atom is -0.469 e. The maximum Gasteiger partial charge on any atom is 0.240 e. The minimum atomic E-state index is -3.70. The standard InChI is InChI=1S/C14H13ClN2O3S/c1-10(7-12-3-2-6-20-12)17-21(18,19)13-5-4-11(9-16)14(15)8-13/h2-6,8,10,17H,7H2,1H3/t10-/m1/s1. The van der Waals surface area contributed by atoms with Crippen LogP contribution in [0, 0.1) is 11.3 Å². The molecule has 0 spiro atoms. The monoisotopic (exact) mass is 324 g/mol. The highest BCUT2D eigenvalue weighted by molar-refractivity contribution is 7.89. The van der Waals surface area contributed by atoms with Crippen LogP contribution < -0.4 is 4.72 Å². The summed E-state index contributed by atoms with van der Waals surface area (Å²) < 4.78 is 32.2. The van der Waals surface area contributed by atoms with Crippen molar-refractivity contribution in [1.29, 1.82) is 5.26 Å². The predicted molar refractivity (Wildman–Crippen MR) is 78.4 cm³/mol. The summed E-state index contributed by atoms with van der Waals surface area (Å²) in [6.07, 6.45) is 1.98. The van der Waals surface area contributed by atoms with Crippen molar-refractivity contribution >= 4 is 21.6 Å². The number of benzene rings is 1. The highest BCUT2D eigenvalue weighted by Gasteiger charge is 2.19. The lowest BCUT2D eigenvalue weighted by molar-refractivity contribution is 0.479. The van der Waals surface area contributed by atoms with E-state index >= 15 is 0 Å². The molecule has 0 saturated heterocycles. The first kappa shape index (κ1) is 15.6. The Morgan fingerprint density at radius 3 is 2.76 bits per heavy atom. The molecule has 0 aliphatic heterocycles. The topological polar surface area (TPSA) is 83.1 Å². The first-order chi connectivity index (χ1) is 9.92. The lowest BCUT2D eigenvalue weighted by Crippen LogP contribution is -2.34. The van der Waals surface area contributed by atoms with Gasteiger partial charge >= 0.3 is 0 Å². The molecule has 5 nitrogen and oxygen atoms in total. The third-order valence-corrected chi connectivity index (χ3v) is 4.72. The number of nitriles is 1. The van der Waals surface area contributed by atoms with Gasteiger partial charge in [-0.15, -0.1) is 0 Å². The molecule has 0 unspecified atom stereocenters. The molecule has 1 aromatic heterocycles. The zero-order chi connectivity index (χ0) is 15.5. The predicted octanol–water partition coefficient (Wildman–Crippen LogP) is 2.71. The van der Waals surface area contributed by atoms with E-state index in [2.05, 4.69) is 4.72 Å². The lowest BCUT2D eigenvalue weighted by atomic mass is 10.2. The maximum absolute atomic E-state index is 12.2. The largest absolute Gasteiger partial charge is 0.469 e. The second kappa shape index (κ2) is 6.31. The smallest absolute Gasteiger partial charge is 0.240 e. The Morgan fingerprint density at radius 1 is 1.43 bits per heavy atom. The third-order valence-electron chi connectivity index (χ3n) is 2.82. The molecule has 1 atom stereocenters. The second-order valence-corrected chi connectivity index (χ2v) is 6.68. The van der Waals surface area contributed by atoms with Crippen LogP contribution in [0.5, 0.6) is 0 Å². The molecule has 2 rings (SSSR count). The molecule has 0 fully saturated rings. The van der Waals surface area contributed by atoms with Gasteiger partial charge in [0.25, 0.3) is 0 Å². The van der Waals surface area contributed by atoms with Gasteiger partial charge < -0.3 is 4.42 Å². The van der Waals surface area contributed by atoms with E-state index in [1.54, 1.807) is 19.1 Å². The van der Waals surface area contributed by atoms with Gasteiger partial charge in [0.05, 0.1) is 21.7 Å². The van der Waals surface area contributed by atoms with Gasteiger partial charge in [-0.3, -0.25) is 0 Å². The van der Waals surface area contributed by atoms with E-state index in [0.717, 1.165) is 0 Å². The molecule has 0 saturated carbocycles. The van der Waals surface area contributed by atoms with E-state index in [0.29, 0.717) is 12.2 Å². The summed E-state index contributed by atoms with van der Waals surface area (Å²) in [5.41, 5.74) is 0.235. The van der Waals surface area contributed by atoms with E-state index in [4.69, 9.17) is 21.3 Å². The molecule has 21 heavy (non-hydrogen) atoms. The molecule has 0 radical (unpaired) electrons. The van der Waals surface area contributed by atoms with Gasteiger partial charge in [0.2, 0.25) is 10.0 Å². The van der Waals surface area contributed by atoms with Crippen molar-refractivity contribution in [2.45, 2.75) is 24.3 Å². The number of hydrogen-bond donors (Lipinski definition) is 1. The molecule has 1 aromatic carbocycles. The van der Waals surface area contributed by atoms with Crippen LogP contribution in [-0.4, -0.2) is 14.5 Å². The first-order valence-corrected chi connectivity index (χ1v) is 8.03. The van der Waals surface area contributed by atoms with Crippen molar-refractivity contribution in [1.82, 2.24) is 4.72 Å². The van der Waals surface area contributed by atoms with Crippen LogP contribution in [0.25, 0.3) is 0 Å². The average Bonchev–Trinajstić information content (AvgIpc) is 2.90. The number of sulfonamides is 1. The molecule has 7 heteroatoms. The molecule has 0 amide bonds. The van der Waals surface area contributed by atoms with Crippen molar-refractivity contribution in [2.24, 2.45) is 0 Å². The van der Waals surface area contributed by atoms with Gasteiger partial charge in [-0.05, 0) is 37.3 Å². The number of halogens is 1. The first-order valence-electron chi connectivity index (χ1n) is 6.17. The highest BCUT2D eigenvalue weighted by Crippen LogP contribution is 2.20. The third kappa shape index (κ3) is 3.85. The van der Waals surface area contributed by atoms with Crippen LogP contribution >= 0.6 is 11.6 Å². The Labute approximate surface area is 128 Å². The average molecular weight is 325 g/mol. The van der Waals surface area contributed by atoms with Gasteiger partial charge in [0.15, 0.2) is 0 Å². The van der Waals surface area contributed by atoms with E-state index in [-0.39, 0.29) is 21.5 Å². The summed E-state index contributed by atoms with van der Waals surface area (Å²) in [6, 6.07) is 9.08. The van der Waals surface area contributed by atoms with Gasteiger partial charge in [-0.2, -0.15) is 5.26 Å². The molecule has 110 valence electrons. The van der Waals surface area contributed by atoms with Crippen LogP contribution in [0.3, 0.4) is 0 Å². The fourth-order valence-electron chi connectivity index (χ4n) is 1.86. The number of rotatable bonds is 5. The number of nitrogens with one attached hydrogen (secondary N) is 1.